The van der Waals surface area contributed by atoms with Crippen molar-refractivity contribution in [3.63, 3.8) is 0 Å². The van der Waals surface area contributed by atoms with Gasteiger partial charge in [-0.25, -0.2) is 12.8 Å². The van der Waals surface area contributed by atoms with Crippen LogP contribution in [0.15, 0.2) is 77.7 Å². The van der Waals surface area contributed by atoms with Crippen LogP contribution in [0, 0.1) is 5.82 Å². The SMILES string of the molecule is CCCCNC(=O)C(CC)N(CCc1ccccc1)C(=O)CN(c1ccc(F)cc1)S(=O)(=O)c1ccc(OC)c(OC)c1. The highest BCUT2D eigenvalue weighted by atomic mass is 32.2. The maximum Gasteiger partial charge on any atom is 0.264 e. The Labute approximate surface area is 253 Å². The molecule has 0 radical (unpaired) electrons. The summed E-state index contributed by atoms with van der Waals surface area (Å²) < 4.78 is 53.4. The quantitative estimate of drug-likeness (QED) is 0.233. The number of anilines is 1. The van der Waals surface area contributed by atoms with Crippen molar-refractivity contribution in [2.45, 2.75) is 50.5 Å². The second-order valence-corrected chi connectivity index (χ2v) is 11.8. The van der Waals surface area contributed by atoms with Crippen LogP contribution in [0.5, 0.6) is 11.5 Å². The molecule has 3 aromatic rings. The van der Waals surface area contributed by atoms with Crippen molar-refractivity contribution in [3.05, 3.63) is 84.2 Å². The maximum absolute atomic E-state index is 14.1. The summed E-state index contributed by atoms with van der Waals surface area (Å²) in [5.74, 6) is -0.904. The highest BCUT2D eigenvalue weighted by Crippen LogP contribution is 2.32. The molecule has 0 aliphatic rings. The van der Waals surface area contributed by atoms with Gasteiger partial charge < -0.3 is 19.7 Å². The number of hydrogen-bond acceptors (Lipinski definition) is 6. The minimum atomic E-state index is -4.36. The van der Waals surface area contributed by atoms with Crippen LogP contribution in [-0.4, -0.2) is 65.0 Å². The molecule has 0 fully saturated rings. The fourth-order valence-electron chi connectivity index (χ4n) is 4.64. The first kappa shape index (κ1) is 33.4. The molecular weight excluding hydrogens is 573 g/mol. The average molecular weight is 614 g/mol. The topological polar surface area (TPSA) is 105 Å². The number of ether oxygens (including phenoxy) is 2. The van der Waals surface area contributed by atoms with E-state index in [0.29, 0.717) is 25.1 Å². The molecule has 1 N–H and O–H groups in total. The molecule has 0 aliphatic carbocycles. The summed E-state index contributed by atoms with van der Waals surface area (Å²) in [4.78, 5) is 28.6. The lowest BCUT2D eigenvalue weighted by Crippen LogP contribution is -2.53. The molecule has 0 bridgehead atoms. The molecule has 9 nitrogen and oxygen atoms in total. The molecule has 3 rings (SSSR count). The average Bonchev–Trinajstić information content (AvgIpc) is 3.02. The molecule has 232 valence electrons. The molecule has 11 heteroatoms. The van der Waals surface area contributed by atoms with Gasteiger partial charge in [-0.2, -0.15) is 0 Å². The van der Waals surface area contributed by atoms with E-state index < -0.39 is 34.3 Å². The van der Waals surface area contributed by atoms with Crippen LogP contribution < -0.4 is 19.1 Å². The summed E-state index contributed by atoms with van der Waals surface area (Å²) in [6.45, 7) is 3.88. The summed E-state index contributed by atoms with van der Waals surface area (Å²) >= 11 is 0. The Morgan fingerprint density at radius 1 is 0.930 bits per heavy atom. The number of amides is 2. The van der Waals surface area contributed by atoms with Crippen LogP contribution in [0.3, 0.4) is 0 Å². The van der Waals surface area contributed by atoms with Crippen molar-refractivity contribution >= 4 is 27.5 Å². The Balaban J connectivity index is 2.02. The molecule has 3 aromatic carbocycles. The number of sulfonamides is 1. The van der Waals surface area contributed by atoms with Gasteiger partial charge in [0.2, 0.25) is 11.8 Å². The lowest BCUT2D eigenvalue weighted by atomic mass is 10.1. The lowest BCUT2D eigenvalue weighted by molar-refractivity contribution is -0.139. The Morgan fingerprint density at radius 2 is 1.60 bits per heavy atom. The van der Waals surface area contributed by atoms with E-state index in [1.807, 2.05) is 44.2 Å². The molecule has 1 atom stereocenters. The van der Waals surface area contributed by atoms with Gasteiger partial charge in [-0.3, -0.25) is 13.9 Å². The van der Waals surface area contributed by atoms with Crippen molar-refractivity contribution in [3.8, 4) is 11.5 Å². The number of carbonyl (C=O) groups excluding carboxylic acids is 2. The number of rotatable bonds is 16. The highest BCUT2D eigenvalue weighted by Gasteiger charge is 2.33. The van der Waals surface area contributed by atoms with E-state index in [4.69, 9.17) is 9.47 Å². The maximum atomic E-state index is 14.1. The van der Waals surface area contributed by atoms with E-state index in [2.05, 4.69) is 5.32 Å². The Hall–Kier alpha value is -4.12. The van der Waals surface area contributed by atoms with Gasteiger partial charge in [-0.1, -0.05) is 50.6 Å². The predicted octanol–water partition coefficient (Wildman–Crippen LogP) is 4.80. The van der Waals surface area contributed by atoms with Crippen molar-refractivity contribution in [2.24, 2.45) is 0 Å². The van der Waals surface area contributed by atoms with Crippen LogP contribution in [-0.2, 0) is 26.0 Å². The second-order valence-electron chi connectivity index (χ2n) is 9.90. The number of nitrogens with one attached hydrogen (secondary N) is 1. The van der Waals surface area contributed by atoms with Gasteiger partial charge in [0.25, 0.3) is 10.0 Å². The monoisotopic (exact) mass is 613 g/mol. The number of nitrogens with zero attached hydrogens (tertiary/aromatic N) is 2. The van der Waals surface area contributed by atoms with Crippen LogP contribution in [0.1, 0.15) is 38.7 Å². The molecule has 43 heavy (non-hydrogen) atoms. The number of unbranched alkanes of at least 4 members (excludes halogenated alkanes) is 1. The normalized spacial score (nSPS) is 11.8. The van der Waals surface area contributed by atoms with Gasteiger partial charge in [0.1, 0.15) is 18.4 Å². The Kier molecular flexibility index (Phi) is 12.4. The van der Waals surface area contributed by atoms with Crippen LogP contribution in [0.2, 0.25) is 0 Å². The van der Waals surface area contributed by atoms with Crippen molar-refractivity contribution in [2.75, 3.05) is 38.2 Å². The molecular formula is C32H40FN3O6S. The van der Waals surface area contributed by atoms with Crippen LogP contribution >= 0.6 is 0 Å². The third-order valence-electron chi connectivity index (χ3n) is 7.04. The zero-order valence-electron chi connectivity index (χ0n) is 25.1. The van der Waals surface area contributed by atoms with Crippen LogP contribution in [0.25, 0.3) is 0 Å². The molecule has 0 aromatic heterocycles. The summed E-state index contributed by atoms with van der Waals surface area (Å²) in [6.07, 6.45) is 2.48. The minimum absolute atomic E-state index is 0.0907. The third-order valence-corrected chi connectivity index (χ3v) is 8.81. The van der Waals surface area contributed by atoms with E-state index in [9.17, 15) is 22.4 Å². The van der Waals surface area contributed by atoms with Gasteiger partial charge in [0, 0.05) is 19.2 Å². The van der Waals surface area contributed by atoms with E-state index in [0.717, 1.165) is 34.8 Å². The number of benzene rings is 3. The number of halogens is 1. The summed E-state index contributed by atoms with van der Waals surface area (Å²) in [7, 11) is -1.55. The molecule has 0 aliphatic heterocycles. The second kappa shape index (κ2) is 15.9. The molecule has 0 saturated heterocycles. The van der Waals surface area contributed by atoms with Gasteiger partial charge in [-0.05, 0) is 61.2 Å². The third kappa shape index (κ3) is 8.70. The summed E-state index contributed by atoms with van der Waals surface area (Å²) in [6, 6.07) is 17.7. The van der Waals surface area contributed by atoms with E-state index in [1.165, 1.54) is 49.5 Å². The van der Waals surface area contributed by atoms with Crippen molar-refractivity contribution in [1.29, 1.82) is 0 Å². The molecule has 0 spiro atoms. The zero-order chi connectivity index (χ0) is 31.4. The van der Waals surface area contributed by atoms with E-state index in [1.54, 1.807) is 0 Å². The minimum Gasteiger partial charge on any atom is -0.493 e. The zero-order valence-corrected chi connectivity index (χ0v) is 25.9. The standard InChI is InChI=1S/C32H40FN3O6S/c1-5-7-20-34-32(38)28(6-2)35(21-19-24-11-9-8-10-12-24)31(37)23-36(26-15-13-25(33)14-16-26)43(39,40)27-17-18-29(41-3)30(22-27)42-4/h8-18,22,28H,5-7,19-21,23H2,1-4H3,(H,34,38). The fraction of sp³-hybridized carbons (Fsp3) is 0.375. The first-order valence-corrected chi connectivity index (χ1v) is 15.7. The smallest absolute Gasteiger partial charge is 0.264 e. The predicted molar refractivity (Wildman–Crippen MR) is 164 cm³/mol. The van der Waals surface area contributed by atoms with Crippen LogP contribution in [0.4, 0.5) is 10.1 Å². The van der Waals surface area contributed by atoms with Crippen molar-refractivity contribution in [1.82, 2.24) is 10.2 Å². The summed E-state index contributed by atoms with van der Waals surface area (Å²) in [5.41, 5.74) is 1.06. The molecule has 1 unspecified atom stereocenters. The lowest BCUT2D eigenvalue weighted by Gasteiger charge is -2.33. The highest BCUT2D eigenvalue weighted by molar-refractivity contribution is 7.92. The fourth-order valence-corrected chi connectivity index (χ4v) is 6.07. The van der Waals surface area contributed by atoms with E-state index in [-0.39, 0.29) is 28.8 Å². The molecule has 0 saturated carbocycles. The molecule has 0 heterocycles. The Morgan fingerprint density at radius 3 is 2.21 bits per heavy atom. The Bertz CT molecular complexity index is 1450. The first-order valence-electron chi connectivity index (χ1n) is 14.3. The first-order chi connectivity index (χ1) is 20.7. The van der Waals surface area contributed by atoms with Gasteiger partial charge in [0.05, 0.1) is 24.8 Å². The summed E-state index contributed by atoms with van der Waals surface area (Å²) in [5, 5.41) is 2.91. The molecule has 2 amide bonds. The van der Waals surface area contributed by atoms with Gasteiger partial charge in [-0.15, -0.1) is 0 Å². The van der Waals surface area contributed by atoms with Gasteiger partial charge in [0.15, 0.2) is 11.5 Å². The number of methoxy groups -OCH3 is 2. The number of hydrogen-bond donors (Lipinski definition) is 1. The van der Waals surface area contributed by atoms with Gasteiger partial charge >= 0.3 is 0 Å². The largest absolute Gasteiger partial charge is 0.493 e. The number of carbonyl (C=O) groups is 2. The van der Waals surface area contributed by atoms with E-state index >= 15 is 0 Å². The van der Waals surface area contributed by atoms with Crippen molar-refractivity contribution < 1.29 is 31.9 Å².